The van der Waals surface area contributed by atoms with Gasteiger partial charge in [0.25, 0.3) is 0 Å². The van der Waals surface area contributed by atoms with Gasteiger partial charge in [0.15, 0.2) is 5.41 Å². The summed E-state index contributed by atoms with van der Waals surface area (Å²) in [6.45, 7) is 11.5. The summed E-state index contributed by atoms with van der Waals surface area (Å²) in [5.74, 6) is -1.46. The van der Waals surface area contributed by atoms with E-state index in [9.17, 15) is 9.59 Å². The zero-order valence-corrected chi connectivity index (χ0v) is 22.5. The molecule has 3 atom stereocenters. The average molecular weight is 503 g/mol. The topological polar surface area (TPSA) is 80.3 Å². The molecule has 1 saturated carbocycles. The van der Waals surface area contributed by atoms with Crippen LogP contribution in [0.1, 0.15) is 45.6 Å². The second-order valence-electron chi connectivity index (χ2n) is 9.07. The van der Waals surface area contributed by atoms with Crippen molar-refractivity contribution < 1.29 is 32.3 Å². The number of methoxy groups -OCH3 is 2. The van der Waals surface area contributed by atoms with Gasteiger partial charge in [0.1, 0.15) is 0 Å². The van der Waals surface area contributed by atoms with Gasteiger partial charge < -0.3 is 22.8 Å². The summed E-state index contributed by atoms with van der Waals surface area (Å²) in [7, 11) is -0.679. The van der Waals surface area contributed by atoms with Crippen molar-refractivity contribution in [2.24, 2.45) is 17.3 Å². The number of hydrogen-bond acceptors (Lipinski definition) is 7. The Kier molecular flexibility index (Phi) is 9.09. The summed E-state index contributed by atoms with van der Waals surface area (Å²) in [5, 5.41) is 0. The second kappa shape index (κ2) is 11.6. The molecule has 0 amide bonds. The molecule has 2 aliphatic rings. The Bertz CT molecular complexity index is 909. The minimum Gasteiger partial charge on any atom is -0.468 e. The zero-order valence-electron chi connectivity index (χ0n) is 21.5. The van der Waals surface area contributed by atoms with Crippen LogP contribution in [0.2, 0.25) is 5.54 Å². The first-order valence-electron chi connectivity index (χ1n) is 12.3. The van der Waals surface area contributed by atoms with E-state index in [0.717, 1.165) is 16.7 Å². The van der Waals surface area contributed by atoms with Crippen LogP contribution in [0.25, 0.3) is 5.57 Å². The van der Waals surface area contributed by atoms with Gasteiger partial charge in [-0.3, -0.25) is 9.59 Å². The SMILES string of the molecule is C=C1CC(c2ccccc2)=C[C@H]([Si](OCC)(OCC)OCC)[C@H]2CC(C(=O)OC)(C(=O)OC)C[C@@H]12. The van der Waals surface area contributed by atoms with Gasteiger partial charge in [0.05, 0.1) is 19.8 Å². The maximum atomic E-state index is 13.0. The Balaban J connectivity index is 2.22. The molecule has 0 heterocycles. The highest BCUT2D eigenvalue weighted by atomic mass is 28.4. The predicted molar refractivity (Wildman–Crippen MR) is 135 cm³/mol. The second-order valence-corrected chi connectivity index (χ2v) is 11.8. The van der Waals surface area contributed by atoms with Gasteiger partial charge in [0, 0.05) is 19.8 Å². The molecule has 0 aromatic heterocycles. The van der Waals surface area contributed by atoms with E-state index in [1.807, 2.05) is 39.0 Å². The van der Waals surface area contributed by atoms with Crippen molar-refractivity contribution in [1.82, 2.24) is 0 Å². The standard InChI is InChI=1S/C27H38O7Si/c1-7-32-35(33-8-2,34-9-3)24-16-21(20-13-11-10-12-14-20)15-19(4)22-17-27(18-23(22)24,25(28)30-5)26(29)31-6/h10-14,16,22-24H,4,7-9,15,17-18H2,1-3,5-6H3/t22-,23-,24-/m0/s1. The number of carbonyl (C=O) groups is 2. The van der Waals surface area contributed by atoms with Gasteiger partial charge in [0.2, 0.25) is 0 Å². The first-order valence-corrected chi connectivity index (χ1v) is 14.1. The summed E-state index contributed by atoms with van der Waals surface area (Å²) in [6, 6.07) is 10.2. The van der Waals surface area contributed by atoms with E-state index < -0.39 is 26.2 Å². The molecular weight excluding hydrogens is 464 g/mol. The van der Waals surface area contributed by atoms with Crippen LogP contribution in [0, 0.1) is 17.3 Å². The van der Waals surface area contributed by atoms with Gasteiger partial charge in [-0.1, -0.05) is 48.6 Å². The fourth-order valence-corrected chi connectivity index (χ4v) is 9.11. The predicted octanol–water partition coefficient (Wildman–Crippen LogP) is 4.81. The molecule has 7 nitrogen and oxygen atoms in total. The highest BCUT2D eigenvalue weighted by molar-refractivity contribution is 6.63. The average Bonchev–Trinajstić information content (AvgIpc) is 3.22. The lowest BCUT2D eigenvalue weighted by molar-refractivity contribution is -0.169. The van der Waals surface area contributed by atoms with Crippen LogP contribution in [0.3, 0.4) is 0 Å². The molecule has 1 aromatic rings. The molecule has 192 valence electrons. The number of carbonyl (C=O) groups excluding carboxylic acids is 2. The van der Waals surface area contributed by atoms with Crippen molar-refractivity contribution in [3.05, 3.63) is 54.1 Å². The quantitative estimate of drug-likeness (QED) is 0.197. The lowest BCUT2D eigenvalue weighted by atomic mass is 9.83. The van der Waals surface area contributed by atoms with Gasteiger partial charge in [-0.2, -0.15) is 0 Å². The molecular formula is C27H38O7Si. The van der Waals surface area contributed by atoms with Crippen LogP contribution in [-0.2, 0) is 32.3 Å². The maximum absolute atomic E-state index is 13.0. The van der Waals surface area contributed by atoms with Crippen LogP contribution < -0.4 is 0 Å². The fraction of sp³-hybridized carbons (Fsp3) is 0.556. The van der Waals surface area contributed by atoms with E-state index in [0.29, 0.717) is 26.2 Å². The van der Waals surface area contributed by atoms with Crippen LogP contribution in [0.15, 0.2) is 48.6 Å². The number of fused-ring (bicyclic) bond motifs is 1. The molecule has 0 radical (unpaired) electrons. The monoisotopic (exact) mass is 502 g/mol. The van der Waals surface area contributed by atoms with E-state index in [1.54, 1.807) is 0 Å². The van der Waals surface area contributed by atoms with Gasteiger partial charge in [-0.05, 0) is 63.0 Å². The maximum Gasteiger partial charge on any atom is 0.508 e. The molecule has 1 aromatic carbocycles. The third-order valence-corrected chi connectivity index (χ3v) is 10.7. The molecule has 3 rings (SSSR count). The largest absolute Gasteiger partial charge is 0.508 e. The lowest BCUT2D eigenvalue weighted by Gasteiger charge is -2.38. The van der Waals surface area contributed by atoms with Crippen LogP contribution in [-0.4, -0.2) is 54.8 Å². The van der Waals surface area contributed by atoms with E-state index in [-0.39, 0.29) is 30.2 Å². The third-order valence-electron chi connectivity index (χ3n) is 7.19. The lowest BCUT2D eigenvalue weighted by Crippen LogP contribution is -2.52. The van der Waals surface area contributed by atoms with Crippen LogP contribution in [0.4, 0.5) is 0 Å². The number of ether oxygens (including phenoxy) is 2. The van der Waals surface area contributed by atoms with E-state index in [2.05, 4.69) is 24.8 Å². The normalized spacial score (nSPS) is 23.7. The summed E-state index contributed by atoms with van der Waals surface area (Å²) in [4.78, 5) is 26.1. The zero-order chi connectivity index (χ0) is 25.6. The Morgan fingerprint density at radius 2 is 1.49 bits per heavy atom. The van der Waals surface area contributed by atoms with E-state index in [4.69, 9.17) is 22.8 Å². The van der Waals surface area contributed by atoms with Gasteiger partial charge in [-0.15, -0.1) is 0 Å². The smallest absolute Gasteiger partial charge is 0.468 e. The van der Waals surface area contributed by atoms with Crippen molar-refractivity contribution in [3.8, 4) is 0 Å². The molecule has 1 fully saturated rings. The van der Waals surface area contributed by atoms with Crippen LogP contribution in [0.5, 0.6) is 0 Å². The molecule has 8 heteroatoms. The molecule has 0 saturated heterocycles. The summed E-state index contributed by atoms with van der Waals surface area (Å²) in [5.41, 5.74) is 1.50. The van der Waals surface area contributed by atoms with Gasteiger partial charge >= 0.3 is 20.7 Å². The van der Waals surface area contributed by atoms with E-state index in [1.165, 1.54) is 14.2 Å². The van der Waals surface area contributed by atoms with Crippen molar-refractivity contribution >= 4 is 26.3 Å². The van der Waals surface area contributed by atoms with Crippen molar-refractivity contribution in [2.45, 2.75) is 45.6 Å². The molecule has 0 aliphatic heterocycles. The Morgan fingerprint density at radius 1 is 0.943 bits per heavy atom. The Labute approximate surface area is 209 Å². The first-order chi connectivity index (χ1) is 16.8. The third kappa shape index (κ3) is 5.16. The number of hydrogen-bond donors (Lipinski definition) is 0. The molecule has 0 bridgehead atoms. The molecule has 0 N–H and O–H groups in total. The highest BCUT2D eigenvalue weighted by Crippen LogP contribution is 2.59. The Hall–Kier alpha value is -2.26. The molecule has 0 spiro atoms. The molecule has 0 unspecified atom stereocenters. The van der Waals surface area contributed by atoms with Crippen molar-refractivity contribution in [2.75, 3.05) is 34.0 Å². The van der Waals surface area contributed by atoms with E-state index >= 15 is 0 Å². The number of allylic oxidation sites excluding steroid dienone is 3. The Morgan fingerprint density at radius 3 is 1.97 bits per heavy atom. The summed E-state index contributed by atoms with van der Waals surface area (Å²) < 4.78 is 29.3. The minimum atomic E-state index is -3.29. The summed E-state index contributed by atoms with van der Waals surface area (Å²) in [6.07, 6.45) is 3.34. The number of benzene rings is 1. The van der Waals surface area contributed by atoms with Crippen molar-refractivity contribution in [1.29, 1.82) is 0 Å². The van der Waals surface area contributed by atoms with Gasteiger partial charge in [-0.25, -0.2) is 0 Å². The number of rotatable bonds is 10. The van der Waals surface area contributed by atoms with Crippen molar-refractivity contribution in [3.63, 3.8) is 0 Å². The first kappa shape index (κ1) is 27.3. The number of esters is 2. The highest BCUT2D eigenvalue weighted by Gasteiger charge is 2.64. The summed E-state index contributed by atoms with van der Waals surface area (Å²) >= 11 is 0. The fourth-order valence-electron chi connectivity index (χ4n) is 5.79. The molecule has 2 aliphatic carbocycles. The van der Waals surface area contributed by atoms with Crippen LogP contribution >= 0.6 is 0 Å². The minimum absolute atomic E-state index is 0.135. The molecule has 35 heavy (non-hydrogen) atoms.